The summed E-state index contributed by atoms with van der Waals surface area (Å²) in [5.41, 5.74) is 0. The molecule has 0 N–H and O–H groups in total. The summed E-state index contributed by atoms with van der Waals surface area (Å²) in [4.78, 5) is 0.564. The first-order chi connectivity index (χ1) is 8.58. The summed E-state index contributed by atoms with van der Waals surface area (Å²) in [6.07, 6.45) is -5.58. The van der Waals surface area contributed by atoms with Gasteiger partial charge in [0.15, 0.2) is 0 Å². The SMILES string of the molecule is CN(CCC(F)(F)F)S(=O)(=O)c1cc(CCl)sc1Br. The van der Waals surface area contributed by atoms with Crippen LogP contribution in [0.1, 0.15) is 11.3 Å². The molecule has 0 spiro atoms. The van der Waals surface area contributed by atoms with E-state index >= 15 is 0 Å². The summed E-state index contributed by atoms with van der Waals surface area (Å²) in [6, 6.07) is 1.36. The van der Waals surface area contributed by atoms with Crippen molar-refractivity contribution in [2.75, 3.05) is 13.6 Å². The molecule has 0 aliphatic carbocycles. The van der Waals surface area contributed by atoms with Crippen molar-refractivity contribution in [1.29, 1.82) is 0 Å². The minimum absolute atomic E-state index is 0.0576. The third-order valence-electron chi connectivity index (χ3n) is 2.24. The molecule has 0 aromatic carbocycles. The lowest BCUT2D eigenvalue weighted by Crippen LogP contribution is -2.30. The summed E-state index contributed by atoms with van der Waals surface area (Å²) in [7, 11) is -2.83. The molecule has 19 heavy (non-hydrogen) atoms. The first-order valence-corrected chi connectivity index (χ1v) is 8.53. The first-order valence-electron chi connectivity index (χ1n) is 4.95. The lowest BCUT2D eigenvalue weighted by Gasteiger charge is -2.17. The van der Waals surface area contributed by atoms with Crippen molar-refractivity contribution < 1.29 is 21.6 Å². The molecule has 1 aromatic heterocycles. The Morgan fingerprint density at radius 2 is 2.05 bits per heavy atom. The number of hydrogen-bond acceptors (Lipinski definition) is 3. The number of sulfonamides is 1. The van der Waals surface area contributed by atoms with E-state index in [1.165, 1.54) is 6.07 Å². The Morgan fingerprint density at radius 1 is 1.47 bits per heavy atom. The highest BCUT2D eigenvalue weighted by Crippen LogP contribution is 2.34. The first kappa shape index (κ1) is 17.2. The van der Waals surface area contributed by atoms with Crippen LogP contribution in [0.4, 0.5) is 13.2 Å². The van der Waals surface area contributed by atoms with Gasteiger partial charge >= 0.3 is 6.18 Å². The number of nitrogens with zero attached hydrogens (tertiary/aromatic N) is 1. The van der Waals surface area contributed by atoms with E-state index in [1.807, 2.05) is 0 Å². The molecule has 1 rings (SSSR count). The third kappa shape index (κ3) is 4.59. The van der Waals surface area contributed by atoms with Gasteiger partial charge in [0.2, 0.25) is 10.0 Å². The van der Waals surface area contributed by atoms with Gasteiger partial charge in [0.1, 0.15) is 4.90 Å². The van der Waals surface area contributed by atoms with Crippen LogP contribution in [0.2, 0.25) is 0 Å². The number of halogens is 5. The molecular weight excluding hydrogens is 391 g/mol. The fourth-order valence-electron chi connectivity index (χ4n) is 1.21. The maximum Gasteiger partial charge on any atom is 0.390 e. The Balaban J connectivity index is 2.93. The second kappa shape index (κ2) is 6.30. The largest absolute Gasteiger partial charge is 0.390 e. The van der Waals surface area contributed by atoms with Gasteiger partial charge in [0.05, 0.1) is 16.1 Å². The number of rotatable bonds is 5. The van der Waals surface area contributed by atoms with Crippen LogP contribution in [-0.4, -0.2) is 32.5 Å². The van der Waals surface area contributed by atoms with Gasteiger partial charge in [-0.1, -0.05) is 0 Å². The highest BCUT2D eigenvalue weighted by atomic mass is 79.9. The van der Waals surface area contributed by atoms with E-state index in [0.717, 1.165) is 18.4 Å². The van der Waals surface area contributed by atoms with Gasteiger partial charge in [-0.05, 0) is 22.0 Å². The summed E-state index contributed by atoms with van der Waals surface area (Å²) >= 11 is 9.82. The van der Waals surface area contributed by atoms with E-state index in [0.29, 0.717) is 13.0 Å². The van der Waals surface area contributed by atoms with E-state index in [1.54, 1.807) is 0 Å². The molecule has 0 atom stereocenters. The number of thiophene rings is 1. The molecule has 110 valence electrons. The molecule has 3 nitrogen and oxygen atoms in total. The molecule has 0 radical (unpaired) electrons. The third-order valence-corrected chi connectivity index (χ3v) is 6.79. The minimum atomic E-state index is -4.39. The van der Waals surface area contributed by atoms with Crippen LogP contribution in [0.15, 0.2) is 14.7 Å². The van der Waals surface area contributed by atoms with Crippen LogP contribution in [0, 0.1) is 0 Å². The van der Waals surface area contributed by atoms with Crippen LogP contribution >= 0.6 is 38.9 Å². The Labute approximate surface area is 126 Å². The molecule has 0 bridgehead atoms. The highest BCUT2D eigenvalue weighted by molar-refractivity contribution is 9.11. The van der Waals surface area contributed by atoms with Gasteiger partial charge in [0, 0.05) is 18.5 Å². The maximum atomic E-state index is 12.1. The predicted octanol–water partition coefficient (Wildman–Crippen LogP) is 3.82. The normalized spacial score (nSPS) is 13.2. The van der Waals surface area contributed by atoms with E-state index in [9.17, 15) is 21.6 Å². The van der Waals surface area contributed by atoms with Crippen LogP contribution in [0.3, 0.4) is 0 Å². The van der Waals surface area contributed by atoms with Gasteiger partial charge in [-0.2, -0.15) is 13.2 Å². The van der Waals surface area contributed by atoms with Gasteiger partial charge in [0.25, 0.3) is 0 Å². The molecule has 0 saturated heterocycles. The molecule has 0 saturated carbocycles. The summed E-state index contributed by atoms with van der Waals surface area (Å²) in [5.74, 6) is 0.144. The zero-order chi connectivity index (χ0) is 14.8. The van der Waals surface area contributed by atoms with Crippen LogP contribution in [-0.2, 0) is 15.9 Å². The highest BCUT2D eigenvalue weighted by Gasteiger charge is 2.31. The Bertz CT molecular complexity index is 544. The molecule has 10 heteroatoms. The summed E-state index contributed by atoms with van der Waals surface area (Å²) in [5, 5.41) is 0. The van der Waals surface area contributed by atoms with Crippen molar-refractivity contribution in [3.8, 4) is 0 Å². The summed E-state index contributed by atoms with van der Waals surface area (Å²) in [6.45, 7) is -0.621. The van der Waals surface area contributed by atoms with E-state index in [4.69, 9.17) is 11.6 Å². The lowest BCUT2D eigenvalue weighted by atomic mass is 10.4. The van der Waals surface area contributed by atoms with Gasteiger partial charge < -0.3 is 0 Å². The minimum Gasteiger partial charge on any atom is -0.207 e. The summed E-state index contributed by atoms with van der Waals surface area (Å²) < 4.78 is 61.5. The van der Waals surface area contributed by atoms with Crippen molar-refractivity contribution in [1.82, 2.24) is 4.31 Å². The Kier molecular flexibility index (Phi) is 5.71. The maximum absolute atomic E-state index is 12.1. The lowest BCUT2D eigenvalue weighted by molar-refractivity contribution is -0.135. The molecule has 1 heterocycles. The smallest absolute Gasteiger partial charge is 0.207 e. The zero-order valence-corrected chi connectivity index (χ0v) is 13.6. The van der Waals surface area contributed by atoms with Crippen LogP contribution in [0.5, 0.6) is 0 Å². The van der Waals surface area contributed by atoms with E-state index in [2.05, 4.69) is 15.9 Å². The van der Waals surface area contributed by atoms with Crippen molar-refractivity contribution in [3.63, 3.8) is 0 Å². The molecule has 0 aliphatic rings. The van der Waals surface area contributed by atoms with Crippen LogP contribution < -0.4 is 0 Å². The molecule has 0 fully saturated rings. The molecule has 1 aromatic rings. The van der Waals surface area contributed by atoms with Gasteiger partial charge in [-0.3, -0.25) is 0 Å². The molecule has 0 aliphatic heterocycles. The zero-order valence-electron chi connectivity index (χ0n) is 9.67. The average molecular weight is 401 g/mol. The fourth-order valence-corrected chi connectivity index (χ4v) is 5.10. The predicted molar refractivity (Wildman–Crippen MR) is 72.1 cm³/mol. The monoisotopic (exact) mass is 399 g/mol. The second-order valence-corrected chi connectivity index (χ2v) is 8.41. The van der Waals surface area contributed by atoms with Crippen LogP contribution in [0.25, 0.3) is 0 Å². The Morgan fingerprint density at radius 3 is 2.47 bits per heavy atom. The Hall–Kier alpha value is 0.170. The fraction of sp³-hybridized carbons (Fsp3) is 0.556. The van der Waals surface area contributed by atoms with Gasteiger partial charge in [-0.25, -0.2) is 12.7 Å². The number of hydrogen-bond donors (Lipinski definition) is 0. The standard InChI is InChI=1S/C9H10BrClF3NO2S2/c1-15(3-2-9(12,13)14)19(16,17)7-4-6(5-11)18-8(7)10/h4H,2-3,5H2,1H3. The molecule has 0 unspecified atom stereocenters. The van der Waals surface area contributed by atoms with E-state index in [-0.39, 0.29) is 10.8 Å². The van der Waals surface area contributed by atoms with Crippen molar-refractivity contribution >= 4 is 48.9 Å². The second-order valence-electron chi connectivity index (χ2n) is 3.68. The van der Waals surface area contributed by atoms with E-state index < -0.39 is 29.2 Å². The van der Waals surface area contributed by atoms with Crippen molar-refractivity contribution in [3.05, 3.63) is 14.7 Å². The molecular formula is C9H10BrClF3NO2S2. The van der Waals surface area contributed by atoms with Crippen molar-refractivity contribution in [2.24, 2.45) is 0 Å². The number of alkyl halides is 4. The quantitative estimate of drug-likeness (QED) is 0.705. The average Bonchev–Trinajstić information content (AvgIpc) is 2.67. The van der Waals surface area contributed by atoms with Crippen molar-refractivity contribution in [2.45, 2.75) is 23.4 Å². The molecule has 0 amide bonds. The van der Waals surface area contributed by atoms with Gasteiger partial charge in [-0.15, -0.1) is 22.9 Å². The topological polar surface area (TPSA) is 37.4 Å².